The number of rotatable bonds is 6. The molecule has 1 aromatic carbocycles. The molecule has 0 aliphatic heterocycles. The monoisotopic (exact) mass is 447 g/mol. The zero-order valence-corrected chi connectivity index (χ0v) is 16.1. The molecule has 3 N–H and O–H groups in total. The molecule has 0 aliphatic rings. The van der Waals surface area contributed by atoms with Crippen LogP contribution in [0.5, 0.6) is 0 Å². The number of carbonyl (C=O) groups excluding carboxylic acids is 2. The Kier molecular flexibility index (Phi) is 5.49. The van der Waals surface area contributed by atoms with E-state index in [9.17, 15) is 19.7 Å². The lowest BCUT2D eigenvalue weighted by atomic mass is 10.2. The number of nitrogens with one attached hydrogen (secondary N) is 3. The molecule has 11 nitrogen and oxygen atoms in total. The number of hydrogen-bond acceptors (Lipinski definition) is 6. The lowest BCUT2D eigenvalue weighted by Crippen LogP contribution is -2.18. The van der Waals surface area contributed by atoms with Crippen LogP contribution in [0.15, 0.2) is 41.0 Å². The Hall–Kier alpha value is -3.54. The molecule has 12 heteroatoms. The van der Waals surface area contributed by atoms with Crippen LogP contribution in [0.3, 0.4) is 0 Å². The number of amides is 2. The van der Waals surface area contributed by atoms with Crippen molar-refractivity contribution in [2.75, 3.05) is 10.6 Å². The second kappa shape index (κ2) is 8.00. The summed E-state index contributed by atoms with van der Waals surface area (Å²) in [6, 6.07) is 8.07. The summed E-state index contributed by atoms with van der Waals surface area (Å²) in [4.78, 5) is 34.9. The molecule has 0 saturated carbocycles. The van der Waals surface area contributed by atoms with Gasteiger partial charge < -0.3 is 20.7 Å². The molecule has 0 spiro atoms. The van der Waals surface area contributed by atoms with Gasteiger partial charge in [0.05, 0.1) is 0 Å². The topological polar surface area (TPSA) is 148 Å². The third kappa shape index (κ3) is 3.91. The minimum absolute atomic E-state index is 0.0488. The van der Waals surface area contributed by atoms with Crippen molar-refractivity contribution < 1.29 is 14.5 Å². The smallest absolute Gasteiger partial charge is 0.357 e. The fourth-order valence-corrected chi connectivity index (χ4v) is 2.93. The second-order valence-corrected chi connectivity index (χ2v) is 6.31. The highest BCUT2D eigenvalue weighted by atomic mass is 79.9. The number of aryl methyl sites for hydroxylation is 1. The van der Waals surface area contributed by atoms with Crippen molar-refractivity contribution in [2.24, 2.45) is 0 Å². The Balaban J connectivity index is 1.74. The van der Waals surface area contributed by atoms with Gasteiger partial charge in [-0.2, -0.15) is 5.10 Å². The Bertz CT molecular complexity index is 1060. The predicted octanol–water partition coefficient (Wildman–Crippen LogP) is 2.80. The van der Waals surface area contributed by atoms with Crippen LogP contribution < -0.4 is 10.6 Å². The van der Waals surface area contributed by atoms with Crippen molar-refractivity contribution in [1.82, 2.24) is 20.0 Å². The van der Waals surface area contributed by atoms with Gasteiger partial charge in [0, 0.05) is 24.1 Å². The molecule has 28 heavy (non-hydrogen) atoms. The first-order valence-corrected chi connectivity index (χ1v) is 8.82. The van der Waals surface area contributed by atoms with E-state index in [0.717, 1.165) is 0 Å². The van der Waals surface area contributed by atoms with Crippen LogP contribution in [0.4, 0.5) is 17.2 Å². The summed E-state index contributed by atoms with van der Waals surface area (Å²) in [6.07, 6.45) is 1.54. The predicted molar refractivity (Wildman–Crippen MR) is 103 cm³/mol. The Labute approximate surface area is 166 Å². The second-order valence-electron chi connectivity index (χ2n) is 5.51. The highest BCUT2D eigenvalue weighted by Crippen LogP contribution is 2.26. The van der Waals surface area contributed by atoms with Crippen molar-refractivity contribution in [3.63, 3.8) is 0 Å². The average Bonchev–Trinajstić information content (AvgIpc) is 3.28. The van der Waals surface area contributed by atoms with Crippen LogP contribution >= 0.6 is 15.9 Å². The van der Waals surface area contributed by atoms with Gasteiger partial charge in [-0.05, 0) is 52.0 Å². The summed E-state index contributed by atoms with van der Waals surface area (Å²) >= 11 is 2.99. The molecule has 0 unspecified atom stereocenters. The van der Waals surface area contributed by atoms with Crippen molar-refractivity contribution in [3.05, 3.63) is 62.5 Å². The summed E-state index contributed by atoms with van der Waals surface area (Å²) in [5, 5.41) is 26.0. The lowest BCUT2D eigenvalue weighted by molar-refractivity contribution is -0.390. The lowest BCUT2D eigenvalue weighted by Gasteiger charge is -2.09. The fraction of sp³-hybridized carbons (Fsp3) is 0.125. The summed E-state index contributed by atoms with van der Waals surface area (Å²) in [7, 11) is 0. The van der Waals surface area contributed by atoms with Gasteiger partial charge in [-0.15, -0.1) is 5.10 Å². The minimum atomic E-state index is -0.689. The Morgan fingerprint density at radius 3 is 2.54 bits per heavy atom. The van der Waals surface area contributed by atoms with Gasteiger partial charge in [0.25, 0.3) is 11.8 Å². The first kappa shape index (κ1) is 19.2. The molecule has 0 fully saturated rings. The molecular weight excluding hydrogens is 434 g/mol. The zero-order chi connectivity index (χ0) is 20.3. The van der Waals surface area contributed by atoms with E-state index in [0.29, 0.717) is 23.6 Å². The standard InChI is InChI=1S/C16H14BrN7O4/c1-2-23-11(6-7-18-23)15(25)19-9-4-3-5-10(8-9)20-16(26)13-12(17)14(22-21-13)24(27)28/h3-8H,2H2,1H3,(H,19,25)(H,20,26)(H,21,22). The van der Waals surface area contributed by atoms with Crippen LogP contribution in [-0.4, -0.2) is 36.7 Å². The fourth-order valence-electron chi connectivity index (χ4n) is 2.43. The van der Waals surface area contributed by atoms with E-state index in [1.54, 1.807) is 35.0 Å². The van der Waals surface area contributed by atoms with Crippen LogP contribution in [0, 0.1) is 10.1 Å². The maximum atomic E-state index is 12.4. The van der Waals surface area contributed by atoms with Gasteiger partial charge >= 0.3 is 5.82 Å². The number of carbonyl (C=O) groups is 2. The van der Waals surface area contributed by atoms with Gasteiger partial charge in [-0.1, -0.05) is 11.2 Å². The normalized spacial score (nSPS) is 10.5. The number of nitro groups is 1. The number of nitrogens with zero attached hydrogens (tertiary/aromatic N) is 4. The number of halogens is 1. The molecule has 0 aliphatic carbocycles. The number of benzene rings is 1. The molecule has 2 aromatic heterocycles. The summed E-state index contributed by atoms with van der Waals surface area (Å²) in [6.45, 7) is 2.42. The highest BCUT2D eigenvalue weighted by molar-refractivity contribution is 9.10. The number of aromatic amines is 1. The molecule has 3 aromatic rings. The number of hydrogen-bond donors (Lipinski definition) is 3. The molecule has 0 bridgehead atoms. The van der Waals surface area contributed by atoms with Crippen LogP contribution in [-0.2, 0) is 6.54 Å². The van der Waals surface area contributed by atoms with E-state index >= 15 is 0 Å². The minimum Gasteiger partial charge on any atom is -0.358 e. The first-order chi connectivity index (χ1) is 13.4. The van der Waals surface area contributed by atoms with Gasteiger partial charge in [0.2, 0.25) is 0 Å². The molecule has 0 saturated heterocycles. The maximum absolute atomic E-state index is 12.4. The van der Waals surface area contributed by atoms with E-state index < -0.39 is 16.6 Å². The van der Waals surface area contributed by atoms with Crippen molar-refractivity contribution >= 4 is 44.9 Å². The average molecular weight is 448 g/mol. The molecule has 0 atom stereocenters. The van der Waals surface area contributed by atoms with Crippen molar-refractivity contribution in [3.8, 4) is 0 Å². The largest absolute Gasteiger partial charge is 0.358 e. The number of anilines is 2. The van der Waals surface area contributed by atoms with Gasteiger partial charge in [0.1, 0.15) is 10.2 Å². The summed E-state index contributed by atoms with van der Waals surface area (Å²) in [5.74, 6) is -1.41. The number of H-pyrrole nitrogens is 1. The van der Waals surface area contributed by atoms with Crippen LogP contribution in [0.2, 0.25) is 0 Å². The van der Waals surface area contributed by atoms with E-state index in [-0.39, 0.29) is 16.1 Å². The first-order valence-electron chi connectivity index (χ1n) is 8.03. The van der Waals surface area contributed by atoms with E-state index in [1.807, 2.05) is 6.92 Å². The van der Waals surface area contributed by atoms with Crippen LogP contribution in [0.25, 0.3) is 0 Å². The van der Waals surface area contributed by atoms with Crippen LogP contribution in [0.1, 0.15) is 27.9 Å². The molecular formula is C16H14BrN7O4. The third-order valence-electron chi connectivity index (χ3n) is 3.71. The van der Waals surface area contributed by atoms with Gasteiger partial charge in [0.15, 0.2) is 5.69 Å². The Morgan fingerprint density at radius 1 is 1.25 bits per heavy atom. The van der Waals surface area contributed by atoms with Gasteiger partial charge in [-0.3, -0.25) is 14.3 Å². The highest BCUT2D eigenvalue weighted by Gasteiger charge is 2.24. The maximum Gasteiger partial charge on any atom is 0.357 e. The molecule has 3 rings (SSSR count). The summed E-state index contributed by atoms with van der Waals surface area (Å²) < 4.78 is 1.51. The molecule has 0 radical (unpaired) electrons. The van der Waals surface area contributed by atoms with E-state index in [4.69, 9.17) is 0 Å². The van der Waals surface area contributed by atoms with E-state index in [2.05, 4.69) is 41.9 Å². The molecule has 144 valence electrons. The van der Waals surface area contributed by atoms with Crippen molar-refractivity contribution in [1.29, 1.82) is 0 Å². The zero-order valence-electron chi connectivity index (χ0n) is 14.5. The van der Waals surface area contributed by atoms with E-state index in [1.165, 1.54) is 6.20 Å². The number of aromatic nitrogens is 4. The summed E-state index contributed by atoms with van der Waals surface area (Å²) in [5.41, 5.74) is 1.08. The Morgan fingerprint density at radius 2 is 1.93 bits per heavy atom. The van der Waals surface area contributed by atoms with Gasteiger partial charge in [-0.25, -0.2) is 0 Å². The van der Waals surface area contributed by atoms with Crippen molar-refractivity contribution in [2.45, 2.75) is 13.5 Å². The molecule has 2 amide bonds. The quantitative estimate of drug-likeness (QED) is 0.390. The SMILES string of the molecule is CCn1nccc1C(=O)Nc1cccc(NC(=O)c2n[nH]c([N+](=O)[O-])c2Br)c1. The third-order valence-corrected chi connectivity index (χ3v) is 4.47. The molecule has 2 heterocycles.